The summed E-state index contributed by atoms with van der Waals surface area (Å²) >= 11 is 0. The molecule has 1 rings (SSSR count). The third-order valence-electron chi connectivity index (χ3n) is 2.95. The minimum absolute atomic E-state index is 0.143. The number of nitrogens with one attached hydrogen (secondary N) is 1. The third-order valence-corrected chi connectivity index (χ3v) is 2.95. The van der Waals surface area contributed by atoms with Gasteiger partial charge in [-0.25, -0.2) is 0 Å². The van der Waals surface area contributed by atoms with Crippen molar-refractivity contribution >= 4 is 0 Å². The second kappa shape index (κ2) is 6.45. The van der Waals surface area contributed by atoms with Gasteiger partial charge in [0.2, 0.25) is 0 Å². The van der Waals surface area contributed by atoms with E-state index in [0.29, 0.717) is 19.8 Å². The predicted molar refractivity (Wildman–Crippen MR) is 56.3 cm³/mol. The molecule has 0 aromatic rings. The average Bonchev–Trinajstić information content (AvgIpc) is 2.24. The maximum atomic E-state index is 12.7. The zero-order valence-electron chi connectivity index (χ0n) is 9.65. The van der Waals surface area contributed by atoms with E-state index < -0.39 is 12.2 Å². The first-order valence-electron chi connectivity index (χ1n) is 5.92. The Morgan fingerprint density at radius 2 is 1.94 bits per heavy atom. The Morgan fingerprint density at radius 1 is 1.31 bits per heavy atom. The van der Waals surface area contributed by atoms with E-state index in [1.54, 1.807) is 0 Å². The first-order valence-corrected chi connectivity index (χ1v) is 5.92. The van der Waals surface area contributed by atoms with Crippen LogP contribution in [-0.4, -0.2) is 32.0 Å². The number of halogens is 3. The molecule has 0 aromatic heterocycles. The summed E-state index contributed by atoms with van der Waals surface area (Å²) < 4.78 is 43.3. The molecule has 0 radical (unpaired) electrons. The number of rotatable bonds is 5. The summed E-state index contributed by atoms with van der Waals surface area (Å²) in [7, 11) is 0. The van der Waals surface area contributed by atoms with E-state index in [1.807, 2.05) is 6.92 Å². The highest BCUT2D eigenvalue weighted by molar-refractivity contribution is 4.79. The summed E-state index contributed by atoms with van der Waals surface area (Å²) in [6.07, 6.45) is -1.72. The van der Waals surface area contributed by atoms with Crippen molar-refractivity contribution in [3.05, 3.63) is 0 Å². The number of hydrogen-bond donors (Lipinski definition) is 1. The highest BCUT2D eigenvalue weighted by Crippen LogP contribution is 2.29. The molecule has 0 aliphatic carbocycles. The summed E-state index contributed by atoms with van der Waals surface area (Å²) in [5.41, 5.74) is 0. The van der Waals surface area contributed by atoms with Gasteiger partial charge in [0.05, 0.1) is 0 Å². The molecule has 0 saturated carbocycles. The quantitative estimate of drug-likeness (QED) is 0.796. The molecule has 1 aliphatic rings. The van der Waals surface area contributed by atoms with Crippen LogP contribution in [0.3, 0.4) is 0 Å². The zero-order chi connectivity index (χ0) is 12.0. The van der Waals surface area contributed by atoms with E-state index in [1.165, 1.54) is 0 Å². The highest BCUT2D eigenvalue weighted by Gasteiger charge is 2.40. The van der Waals surface area contributed by atoms with Crippen LogP contribution in [0.5, 0.6) is 0 Å². The minimum atomic E-state index is -4.13. The molecule has 0 aromatic carbocycles. The zero-order valence-corrected chi connectivity index (χ0v) is 9.65. The van der Waals surface area contributed by atoms with E-state index in [0.717, 1.165) is 19.3 Å². The minimum Gasteiger partial charge on any atom is -0.381 e. The lowest BCUT2D eigenvalue weighted by Crippen LogP contribution is -2.44. The van der Waals surface area contributed by atoms with Crippen LogP contribution in [-0.2, 0) is 4.74 Å². The van der Waals surface area contributed by atoms with Gasteiger partial charge in [-0.2, -0.15) is 13.2 Å². The van der Waals surface area contributed by atoms with Gasteiger partial charge < -0.3 is 10.1 Å². The average molecular weight is 239 g/mol. The molecular weight excluding hydrogens is 219 g/mol. The third kappa shape index (κ3) is 4.70. The molecule has 0 amide bonds. The Kier molecular flexibility index (Phi) is 5.55. The van der Waals surface area contributed by atoms with E-state index in [2.05, 4.69) is 5.32 Å². The van der Waals surface area contributed by atoms with Crippen LogP contribution < -0.4 is 5.32 Å². The molecule has 2 nitrogen and oxygen atoms in total. The molecule has 1 saturated heterocycles. The Labute approximate surface area is 94.5 Å². The normalized spacial score (nSPS) is 21.0. The molecule has 1 fully saturated rings. The first kappa shape index (κ1) is 13.8. The fourth-order valence-electron chi connectivity index (χ4n) is 1.97. The maximum absolute atomic E-state index is 12.7. The van der Waals surface area contributed by atoms with Gasteiger partial charge in [0.1, 0.15) is 6.04 Å². The molecule has 16 heavy (non-hydrogen) atoms. The summed E-state index contributed by atoms with van der Waals surface area (Å²) in [6, 6.07) is -1.35. The van der Waals surface area contributed by atoms with Crippen molar-refractivity contribution in [2.24, 2.45) is 5.92 Å². The lowest BCUT2D eigenvalue weighted by Gasteiger charge is -2.28. The van der Waals surface area contributed by atoms with E-state index in [9.17, 15) is 13.2 Å². The fraction of sp³-hybridized carbons (Fsp3) is 1.00. The van der Waals surface area contributed by atoms with Gasteiger partial charge in [0.25, 0.3) is 0 Å². The van der Waals surface area contributed by atoms with Gasteiger partial charge in [0.15, 0.2) is 0 Å². The SMILES string of the molecule is CCCNC(CC1CCOCC1)C(F)(F)F. The van der Waals surface area contributed by atoms with Crippen molar-refractivity contribution in [1.29, 1.82) is 0 Å². The Hall–Kier alpha value is -0.290. The van der Waals surface area contributed by atoms with Crippen molar-refractivity contribution < 1.29 is 17.9 Å². The molecule has 1 aliphatic heterocycles. The van der Waals surface area contributed by atoms with Crippen LogP contribution in [0.4, 0.5) is 13.2 Å². The van der Waals surface area contributed by atoms with E-state index in [-0.39, 0.29) is 12.3 Å². The molecular formula is C11H20F3NO. The molecule has 1 atom stereocenters. The second-order valence-corrected chi connectivity index (χ2v) is 4.34. The van der Waals surface area contributed by atoms with Crippen LogP contribution in [0.1, 0.15) is 32.6 Å². The van der Waals surface area contributed by atoms with Crippen molar-refractivity contribution in [2.45, 2.75) is 44.8 Å². The monoisotopic (exact) mass is 239 g/mol. The molecule has 1 unspecified atom stereocenters. The number of alkyl halides is 3. The van der Waals surface area contributed by atoms with Gasteiger partial charge in [-0.15, -0.1) is 0 Å². The van der Waals surface area contributed by atoms with Crippen LogP contribution >= 0.6 is 0 Å². The number of hydrogen-bond acceptors (Lipinski definition) is 2. The van der Waals surface area contributed by atoms with E-state index in [4.69, 9.17) is 4.74 Å². The van der Waals surface area contributed by atoms with Gasteiger partial charge in [-0.1, -0.05) is 6.92 Å². The lowest BCUT2D eigenvalue weighted by molar-refractivity contribution is -0.161. The smallest absolute Gasteiger partial charge is 0.381 e. The van der Waals surface area contributed by atoms with Crippen LogP contribution in [0, 0.1) is 5.92 Å². The van der Waals surface area contributed by atoms with Gasteiger partial charge in [-0.3, -0.25) is 0 Å². The second-order valence-electron chi connectivity index (χ2n) is 4.34. The Bertz CT molecular complexity index is 190. The van der Waals surface area contributed by atoms with Crippen LogP contribution in [0.15, 0.2) is 0 Å². The largest absolute Gasteiger partial charge is 0.403 e. The summed E-state index contributed by atoms with van der Waals surface area (Å²) in [6.45, 7) is 3.49. The predicted octanol–water partition coefficient (Wildman–Crippen LogP) is 2.73. The van der Waals surface area contributed by atoms with Crippen LogP contribution in [0.2, 0.25) is 0 Å². The summed E-state index contributed by atoms with van der Waals surface area (Å²) in [5.74, 6) is 0.143. The summed E-state index contributed by atoms with van der Waals surface area (Å²) in [4.78, 5) is 0. The first-order chi connectivity index (χ1) is 7.54. The van der Waals surface area contributed by atoms with E-state index >= 15 is 0 Å². The van der Waals surface area contributed by atoms with Crippen molar-refractivity contribution in [3.63, 3.8) is 0 Å². The molecule has 0 bridgehead atoms. The molecule has 5 heteroatoms. The maximum Gasteiger partial charge on any atom is 0.403 e. The Morgan fingerprint density at radius 3 is 2.44 bits per heavy atom. The van der Waals surface area contributed by atoms with Gasteiger partial charge in [0, 0.05) is 13.2 Å². The van der Waals surface area contributed by atoms with Crippen molar-refractivity contribution in [1.82, 2.24) is 5.32 Å². The molecule has 1 heterocycles. The highest BCUT2D eigenvalue weighted by atomic mass is 19.4. The van der Waals surface area contributed by atoms with Crippen molar-refractivity contribution in [3.8, 4) is 0 Å². The summed E-state index contributed by atoms with van der Waals surface area (Å²) in [5, 5.41) is 2.59. The Balaban J connectivity index is 2.41. The van der Waals surface area contributed by atoms with Gasteiger partial charge >= 0.3 is 6.18 Å². The van der Waals surface area contributed by atoms with Gasteiger partial charge in [-0.05, 0) is 38.1 Å². The lowest BCUT2D eigenvalue weighted by atomic mass is 9.92. The standard InChI is InChI=1S/C11H20F3NO/c1-2-5-15-10(11(12,13)14)8-9-3-6-16-7-4-9/h9-10,15H,2-8H2,1H3. The molecule has 0 spiro atoms. The van der Waals surface area contributed by atoms with Crippen LogP contribution in [0.25, 0.3) is 0 Å². The topological polar surface area (TPSA) is 21.3 Å². The van der Waals surface area contributed by atoms with Crippen molar-refractivity contribution in [2.75, 3.05) is 19.8 Å². The molecule has 1 N–H and O–H groups in total. The fourth-order valence-corrected chi connectivity index (χ4v) is 1.97. The molecule has 96 valence electrons. The number of ether oxygens (including phenoxy) is 1.